The van der Waals surface area contributed by atoms with Gasteiger partial charge in [0, 0.05) is 26.7 Å². The predicted octanol–water partition coefficient (Wildman–Crippen LogP) is 0.814. The van der Waals surface area contributed by atoms with Crippen LogP contribution >= 0.6 is 0 Å². The molecular weight excluding hydrogens is 240 g/mol. The number of methoxy groups -OCH3 is 1. The Kier molecular flexibility index (Phi) is 4.93. The first-order valence-corrected chi connectivity index (χ1v) is 6.84. The maximum atomic E-state index is 9.89. The molecule has 1 saturated heterocycles. The molecular formula is C15H24N2O2. The lowest BCUT2D eigenvalue weighted by Gasteiger charge is -2.36. The number of ether oxygens (including phenoxy) is 1. The third-order valence-corrected chi connectivity index (χ3v) is 4.13. The van der Waals surface area contributed by atoms with Crippen molar-refractivity contribution in [2.24, 2.45) is 0 Å². The first-order valence-electron chi connectivity index (χ1n) is 6.84. The lowest BCUT2D eigenvalue weighted by molar-refractivity contribution is 0.0898. The van der Waals surface area contributed by atoms with Gasteiger partial charge in [0.25, 0.3) is 0 Å². The van der Waals surface area contributed by atoms with Crippen LogP contribution in [0.1, 0.15) is 12.0 Å². The Bertz CT molecular complexity index is 379. The minimum absolute atomic E-state index is 0.0850. The van der Waals surface area contributed by atoms with Crippen LogP contribution in [0.5, 0.6) is 0 Å². The molecule has 106 valence electrons. The molecule has 1 aliphatic heterocycles. The first-order chi connectivity index (χ1) is 9.24. The zero-order chi connectivity index (χ0) is 13.7. The van der Waals surface area contributed by atoms with Crippen LogP contribution in [-0.4, -0.2) is 56.5 Å². The highest BCUT2D eigenvalue weighted by Gasteiger charge is 2.34. The maximum Gasteiger partial charge on any atom is 0.0795 e. The summed E-state index contributed by atoms with van der Waals surface area (Å²) in [6, 6.07) is 10.2. The van der Waals surface area contributed by atoms with Crippen molar-refractivity contribution in [3.05, 3.63) is 35.9 Å². The number of likely N-dealkylation sites (tertiary alicyclic amines) is 1. The standard InChI is InChI=1S/C15H24N2O2/c1-16-15(12-18,13-6-4-3-5-7-13)11-17-9-8-14(10-17)19-2/h3-7,14,16,18H,8-12H2,1-2H3. The molecule has 19 heavy (non-hydrogen) atoms. The maximum absolute atomic E-state index is 9.89. The Morgan fingerprint density at radius 1 is 1.42 bits per heavy atom. The van der Waals surface area contributed by atoms with Crippen molar-refractivity contribution in [2.75, 3.05) is 40.4 Å². The third-order valence-electron chi connectivity index (χ3n) is 4.13. The summed E-state index contributed by atoms with van der Waals surface area (Å²) >= 11 is 0. The van der Waals surface area contributed by atoms with E-state index in [0.29, 0.717) is 6.10 Å². The molecule has 2 atom stereocenters. The predicted molar refractivity (Wildman–Crippen MR) is 76.1 cm³/mol. The zero-order valence-corrected chi connectivity index (χ0v) is 11.8. The fraction of sp³-hybridized carbons (Fsp3) is 0.600. The number of hydrogen-bond donors (Lipinski definition) is 2. The number of nitrogens with one attached hydrogen (secondary N) is 1. The smallest absolute Gasteiger partial charge is 0.0795 e. The van der Waals surface area contributed by atoms with Crippen molar-refractivity contribution >= 4 is 0 Å². The van der Waals surface area contributed by atoms with Gasteiger partial charge in [-0.15, -0.1) is 0 Å². The van der Waals surface area contributed by atoms with Crippen LogP contribution in [0, 0.1) is 0 Å². The average molecular weight is 264 g/mol. The molecule has 4 nitrogen and oxygen atoms in total. The zero-order valence-electron chi connectivity index (χ0n) is 11.8. The van der Waals surface area contributed by atoms with Gasteiger partial charge >= 0.3 is 0 Å². The molecule has 0 saturated carbocycles. The number of hydrogen-bond acceptors (Lipinski definition) is 4. The normalized spacial score (nSPS) is 23.4. The first kappa shape index (κ1) is 14.5. The number of aliphatic hydroxyl groups is 1. The summed E-state index contributed by atoms with van der Waals surface area (Å²) in [7, 11) is 3.68. The van der Waals surface area contributed by atoms with Gasteiger partial charge in [0.1, 0.15) is 0 Å². The van der Waals surface area contributed by atoms with E-state index in [1.165, 1.54) is 0 Å². The largest absolute Gasteiger partial charge is 0.394 e. The Morgan fingerprint density at radius 3 is 2.68 bits per heavy atom. The molecule has 2 N–H and O–H groups in total. The van der Waals surface area contributed by atoms with Gasteiger partial charge in [0.15, 0.2) is 0 Å². The van der Waals surface area contributed by atoms with Gasteiger partial charge in [-0.1, -0.05) is 30.3 Å². The topological polar surface area (TPSA) is 44.7 Å². The second-order valence-corrected chi connectivity index (χ2v) is 5.24. The van der Waals surface area contributed by atoms with Crippen molar-refractivity contribution in [1.29, 1.82) is 0 Å². The highest BCUT2D eigenvalue weighted by Crippen LogP contribution is 2.24. The summed E-state index contributed by atoms with van der Waals surface area (Å²) in [5.74, 6) is 0. The molecule has 0 spiro atoms. The molecule has 0 bridgehead atoms. The van der Waals surface area contributed by atoms with Crippen molar-refractivity contribution in [2.45, 2.75) is 18.1 Å². The van der Waals surface area contributed by atoms with Crippen molar-refractivity contribution < 1.29 is 9.84 Å². The van der Waals surface area contributed by atoms with E-state index in [1.807, 2.05) is 25.2 Å². The van der Waals surface area contributed by atoms with Crippen molar-refractivity contribution in [3.63, 3.8) is 0 Å². The molecule has 4 heteroatoms. The van der Waals surface area contributed by atoms with E-state index in [-0.39, 0.29) is 6.61 Å². The van der Waals surface area contributed by atoms with Crippen LogP contribution in [0.4, 0.5) is 0 Å². The molecule has 2 unspecified atom stereocenters. The van der Waals surface area contributed by atoms with Gasteiger partial charge in [0.2, 0.25) is 0 Å². The van der Waals surface area contributed by atoms with E-state index in [1.54, 1.807) is 7.11 Å². The van der Waals surface area contributed by atoms with Gasteiger partial charge in [-0.3, -0.25) is 4.90 Å². The van der Waals surface area contributed by atoms with Gasteiger partial charge in [-0.2, -0.15) is 0 Å². The van der Waals surface area contributed by atoms with Crippen molar-refractivity contribution in [1.82, 2.24) is 10.2 Å². The summed E-state index contributed by atoms with van der Waals surface area (Å²) in [6.07, 6.45) is 1.39. The summed E-state index contributed by atoms with van der Waals surface area (Å²) in [6.45, 7) is 2.84. The molecule has 1 aromatic rings. The fourth-order valence-electron chi connectivity index (χ4n) is 2.81. The highest BCUT2D eigenvalue weighted by molar-refractivity contribution is 5.25. The molecule has 1 fully saturated rings. The van der Waals surface area contributed by atoms with E-state index in [4.69, 9.17) is 4.74 Å². The Labute approximate surface area is 115 Å². The van der Waals surface area contributed by atoms with E-state index >= 15 is 0 Å². The summed E-state index contributed by atoms with van der Waals surface area (Å²) in [5.41, 5.74) is 0.727. The fourth-order valence-corrected chi connectivity index (χ4v) is 2.81. The Morgan fingerprint density at radius 2 is 2.16 bits per heavy atom. The van der Waals surface area contributed by atoms with E-state index in [0.717, 1.165) is 31.6 Å². The van der Waals surface area contributed by atoms with Gasteiger partial charge in [-0.25, -0.2) is 0 Å². The second-order valence-electron chi connectivity index (χ2n) is 5.24. The number of aliphatic hydroxyl groups excluding tert-OH is 1. The lowest BCUT2D eigenvalue weighted by atomic mass is 9.90. The molecule has 0 aliphatic carbocycles. The molecule has 2 rings (SSSR count). The molecule has 1 aromatic carbocycles. The monoisotopic (exact) mass is 264 g/mol. The van der Waals surface area contributed by atoms with Crippen LogP contribution in [0.15, 0.2) is 30.3 Å². The Balaban J connectivity index is 2.12. The number of rotatable bonds is 6. The van der Waals surface area contributed by atoms with Crippen molar-refractivity contribution in [3.8, 4) is 0 Å². The Hall–Kier alpha value is -0.940. The SMILES string of the molecule is CNC(CO)(CN1CCC(OC)C1)c1ccccc1. The molecule has 0 amide bonds. The number of likely N-dealkylation sites (N-methyl/N-ethyl adjacent to an activating group) is 1. The van der Waals surface area contributed by atoms with Gasteiger partial charge in [-0.05, 0) is 19.0 Å². The van der Waals surface area contributed by atoms with Crippen LogP contribution in [0.3, 0.4) is 0 Å². The lowest BCUT2D eigenvalue weighted by Crippen LogP contribution is -2.52. The average Bonchev–Trinajstić information content (AvgIpc) is 2.93. The van der Waals surface area contributed by atoms with Crippen LogP contribution in [0.25, 0.3) is 0 Å². The van der Waals surface area contributed by atoms with Crippen LogP contribution in [-0.2, 0) is 10.3 Å². The molecule has 0 aromatic heterocycles. The molecule has 1 aliphatic rings. The highest BCUT2D eigenvalue weighted by atomic mass is 16.5. The van der Waals surface area contributed by atoms with Crippen LogP contribution in [0.2, 0.25) is 0 Å². The minimum atomic E-state index is -0.399. The van der Waals surface area contributed by atoms with Crippen LogP contribution < -0.4 is 5.32 Å². The van der Waals surface area contributed by atoms with E-state index in [9.17, 15) is 5.11 Å². The summed E-state index contributed by atoms with van der Waals surface area (Å²) < 4.78 is 5.40. The van der Waals surface area contributed by atoms with Gasteiger partial charge in [0.05, 0.1) is 18.2 Å². The molecule has 1 heterocycles. The van der Waals surface area contributed by atoms with E-state index < -0.39 is 5.54 Å². The summed E-state index contributed by atoms with van der Waals surface area (Å²) in [5, 5.41) is 13.2. The number of nitrogens with zero attached hydrogens (tertiary/aromatic N) is 1. The van der Waals surface area contributed by atoms with E-state index in [2.05, 4.69) is 22.3 Å². The quantitative estimate of drug-likeness (QED) is 0.798. The number of benzene rings is 1. The van der Waals surface area contributed by atoms with Gasteiger partial charge < -0.3 is 15.2 Å². The summed E-state index contributed by atoms with van der Waals surface area (Å²) in [4.78, 5) is 2.36. The third kappa shape index (κ3) is 3.15. The minimum Gasteiger partial charge on any atom is -0.394 e. The molecule has 0 radical (unpaired) electrons. The second kappa shape index (κ2) is 6.48.